The van der Waals surface area contributed by atoms with E-state index < -0.39 is 10.2 Å². The van der Waals surface area contributed by atoms with Gasteiger partial charge in [0.1, 0.15) is 0 Å². The number of nitrogens with zero attached hydrogens (tertiary/aromatic N) is 5. The van der Waals surface area contributed by atoms with Crippen molar-refractivity contribution in [1.29, 1.82) is 0 Å². The first-order valence-corrected chi connectivity index (χ1v) is 10.5. The Kier molecular flexibility index (Phi) is 6.44. The smallest absolute Gasteiger partial charge is 0.328 e. The molecule has 0 saturated carbocycles. The van der Waals surface area contributed by atoms with Crippen LogP contribution in [0.1, 0.15) is 5.69 Å². The minimum Gasteiger partial charge on any atom is -0.370 e. The summed E-state index contributed by atoms with van der Waals surface area (Å²) in [5.41, 5.74) is 11.5. The molecule has 1 aliphatic rings. The highest BCUT2D eigenvalue weighted by atomic mass is 32.2. The fourth-order valence-corrected chi connectivity index (χ4v) is 4.09. The Balaban J connectivity index is 1.81. The number of rotatable bonds is 6. The van der Waals surface area contributed by atoms with E-state index in [0.717, 1.165) is 10.00 Å². The summed E-state index contributed by atoms with van der Waals surface area (Å²) in [6.07, 6.45) is 0. The summed E-state index contributed by atoms with van der Waals surface area (Å²) < 4.78 is 27.1. The van der Waals surface area contributed by atoms with Crippen LogP contribution in [0.3, 0.4) is 0 Å². The van der Waals surface area contributed by atoms with E-state index in [-0.39, 0.29) is 17.9 Å². The lowest BCUT2D eigenvalue weighted by molar-refractivity contribution is 0.538. The molecule has 0 aromatic carbocycles. The average molecular weight is 406 g/mol. The van der Waals surface area contributed by atoms with Gasteiger partial charge in [0.15, 0.2) is 5.96 Å². The number of aliphatic imine (C=N–C) groups is 3. The Bertz CT molecular complexity index is 795. The largest absolute Gasteiger partial charge is 0.370 e. The second kappa shape index (κ2) is 8.35. The number of thiazole rings is 1. The van der Waals surface area contributed by atoms with Gasteiger partial charge in [-0.15, -0.1) is 11.3 Å². The van der Waals surface area contributed by atoms with Gasteiger partial charge in [-0.2, -0.15) is 25.2 Å². The van der Waals surface area contributed by atoms with E-state index in [9.17, 15) is 8.42 Å². The van der Waals surface area contributed by atoms with E-state index in [4.69, 9.17) is 11.5 Å². The highest BCUT2D eigenvalue weighted by Gasteiger charge is 2.29. The minimum atomic E-state index is -3.65. The summed E-state index contributed by atoms with van der Waals surface area (Å²) in [6.45, 7) is 0.432. The van der Waals surface area contributed by atoms with Crippen molar-refractivity contribution in [2.75, 3.05) is 26.4 Å². The van der Waals surface area contributed by atoms with Crippen LogP contribution in [0.5, 0.6) is 0 Å². The maximum Gasteiger partial charge on any atom is 0.328 e. The number of aromatic nitrogens is 1. The Morgan fingerprint density at radius 2 is 2.24 bits per heavy atom. The Morgan fingerprint density at radius 1 is 1.48 bits per heavy atom. The summed E-state index contributed by atoms with van der Waals surface area (Å²) in [5, 5.41) is 5.22. The molecule has 1 aromatic rings. The van der Waals surface area contributed by atoms with Crippen LogP contribution in [0.25, 0.3) is 0 Å². The molecule has 25 heavy (non-hydrogen) atoms. The predicted molar refractivity (Wildman–Crippen MR) is 102 cm³/mol. The number of nitrogens with two attached hydrogens (primary N) is 2. The molecule has 1 saturated heterocycles. The molecule has 0 atom stereocenters. The molecule has 0 amide bonds. The van der Waals surface area contributed by atoms with E-state index in [1.54, 1.807) is 11.8 Å². The van der Waals surface area contributed by atoms with Crippen molar-refractivity contribution >= 4 is 56.3 Å². The third-order valence-electron chi connectivity index (χ3n) is 2.85. The molecule has 0 spiro atoms. The van der Waals surface area contributed by atoms with Gasteiger partial charge >= 0.3 is 10.2 Å². The van der Waals surface area contributed by atoms with Gasteiger partial charge < -0.3 is 11.5 Å². The zero-order valence-electron chi connectivity index (χ0n) is 13.6. The summed E-state index contributed by atoms with van der Waals surface area (Å²) >= 11 is 2.98. The molecule has 1 fully saturated rings. The molecule has 1 aliphatic heterocycles. The van der Waals surface area contributed by atoms with Crippen molar-refractivity contribution in [2.45, 2.75) is 5.75 Å². The van der Waals surface area contributed by atoms with Crippen molar-refractivity contribution in [3.63, 3.8) is 0 Å². The molecule has 0 bridgehead atoms. The van der Waals surface area contributed by atoms with Gasteiger partial charge in [-0.05, 0) is 0 Å². The lowest BCUT2D eigenvalue weighted by atomic mass is 10.6. The Hall–Kier alpha value is -2.06. The predicted octanol–water partition coefficient (Wildman–Crippen LogP) is -1.01. The summed E-state index contributed by atoms with van der Waals surface area (Å²) in [4.78, 5) is 16.2. The fourth-order valence-electron chi connectivity index (χ4n) is 1.71. The number of hydrogen-bond acceptors (Lipinski definition) is 8. The van der Waals surface area contributed by atoms with Gasteiger partial charge in [-0.1, -0.05) is 0 Å². The van der Waals surface area contributed by atoms with Crippen molar-refractivity contribution in [3.8, 4) is 0 Å². The van der Waals surface area contributed by atoms with Crippen LogP contribution in [0.15, 0.2) is 20.4 Å². The third-order valence-corrected chi connectivity index (χ3v) is 5.95. The second-order valence-electron chi connectivity index (χ2n) is 4.69. The zero-order valence-corrected chi connectivity index (χ0v) is 16.1. The molecule has 14 heteroatoms. The van der Waals surface area contributed by atoms with Crippen LogP contribution in [0.4, 0.5) is 5.13 Å². The van der Waals surface area contributed by atoms with Gasteiger partial charge in [0.25, 0.3) is 0 Å². The molecular formula is C11H19N9O2S3. The third kappa shape index (κ3) is 5.47. The first-order chi connectivity index (χ1) is 11.8. The first kappa shape index (κ1) is 19.3. The molecule has 0 unspecified atom stereocenters. The highest BCUT2D eigenvalue weighted by molar-refractivity contribution is 7.98. The summed E-state index contributed by atoms with van der Waals surface area (Å²) in [6, 6.07) is 0. The van der Waals surface area contributed by atoms with Crippen LogP contribution in [0.2, 0.25) is 0 Å². The average Bonchev–Trinajstić information content (AvgIpc) is 2.96. The summed E-state index contributed by atoms with van der Waals surface area (Å²) in [7, 11) is -0.759. The fraction of sp³-hybridized carbons (Fsp3) is 0.455. The lowest BCUT2D eigenvalue weighted by Crippen LogP contribution is -2.60. The molecule has 6 N–H and O–H groups in total. The van der Waals surface area contributed by atoms with Gasteiger partial charge in [-0.25, -0.2) is 14.0 Å². The maximum absolute atomic E-state index is 11.9. The normalized spacial score (nSPS) is 19.5. The highest BCUT2D eigenvalue weighted by Crippen LogP contribution is 2.21. The standard InChI is InChI=1S/C11H19N9O2S3/c1-14-10-18-9(19-25(21,22)20(10)2)15-3-4-23-5-7-6-24-11(16-7)17-8(12)13/h6H,3-5H2,1-2H3,(H4,12,13,16,17)(H2,14,15,18,19). The Labute approximate surface area is 153 Å². The molecule has 2 rings (SSSR count). The monoisotopic (exact) mass is 405 g/mol. The van der Waals surface area contributed by atoms with Crippen LogP contribution in [-0.4, -0.2) is 62.0 Å². The zero-order chi connectivity index (χ0) is 18.4. The van der Waals surface area contributed by atoms with Gasteiger partial charge in [0.05, 0.1) is 12.2 Å². The first-order valence-electron chi connectivity index (χ1n) is 6.98. The molecule has 138 valence electrons. The molecule has 2 heterocycles. The number of nitrogens with one attached hydrogen (secondary N) is 2. The topological polar surface area (TPSA) is 163 Å². The van der Waals surface area contributed by atoms with Crippen LogP contribution in [0, 0.1) is 0 Å². The molecule has 0 radical (unpaired) electrons. The van der Waals surface area contributed by atoms with Crippen molar-refractivity contribution in [2.24, 2.45) is 26.4 Å². The van der Waals surface area contributed by atoms with Crippen molar-refractivity contribution in [1.82, 2.24) is 19.3 Å². The molecule has 11 nitrogen and oxygen atoms in total. The van der Waals surface area contributed by atoms with Crippen LogP contribution >= 0.6 is 23.1 Å². The number of thioether (sulfide) groups is 1. The number of guanidine groups is 3. The van der Waals surface area contributed by atoms with Crippen molar-refractivity contribution < 1.29 is 8.42 Å². The SMILES string of the molecule is CN=C1NC(=NCCSCc2csc(N=C(N)N)n2)NS(=O)(=O)N1C. The number of hydrogen-bond donors (Lipinski definition) is 4. The molecule has 1 aromatic heterocycles. The minimum absolute atomic E-state index is 0.0209. The lowest BCUT2D eigenvalue weighted by Gasteiger charge is -2.28. The Morgan fingerprint density at radius 3 is 2.92 bits per heavy atom. The van der Waals surface area contributed by atoms with E-state index in [1.807, 2.05) is 5.38 Å². The van der Waals surface area contributed by atoms with E-state index in [1.165, 1.54) is 25.4 Å². The quantitative estimate of drug-likeness (QED) is 0.268. The summed E-state index contributed by atoms with van der Waals surface area (Å²) in [5.74, 6) is 1.72. The molecular weight excluding hydrogens is 386 g/mol. The van der Waals surface area contributed by atoms with Gasteiger partial charge in [-0.3, -0.25) is 15.3 Å². The van der Waals surface area contributed by atoms with Gasteiger partial charge in [0, 0.05) is 31.0 Å². The second-order valence-corrected chi connectivity index (χ2v) is 8.33. The van der Waals surface area contributed by atoms with E-state index in [0.29, 0.717) is 23.2 Å². The van der Waals surface area contributed by atoms with Crippen molar-refractivity contribution in [3.05, 3.63) is 11.1 Å². The van der Waals surface area contributed by atoms with E-state index in [2.05, 4.69) is 30.0 Å². The maximum atomic E-state index is 11.9. The molecule has 0 aliphatic carbocycles. The van der Waals surface area contributed by atoms with Gasteiger partial charge in [0.2, 0.25) is 17.1 Å². The van der Waals surface area contributed by atoms with E-state index >= 15 is 0 Å². The van der Waals surface area contributed by atoms with Crippen LogP contribution in [-0.2, 0) is 16.0 Å². The van der Waals surface area contributed by atoms with Crippen LogP contribution < -0.4 is 21.5 Å².